The van der Waals surface area contributed by atoms with Gasteiger partial charge in [0.1, 0.15) is 6.10 Å². The number of allylic oxidation sites excluding steroid dienone is 3. The molecule has 0 aliphatic carbocycles. The molecular weight excluding hydrogens is 360 g/mol. The highest BCUT2D eigenvalue weighted by Crippen LogP contribution is 2.25. The summed E-state index contributed by atoms with van der Waals surface area (Å²) in [6.45, 7) is 8.83. The number of hydrogen-bond donors (Lipinski definition) is 3. The minimum Gasteiger partial charge on any atom is -0.462 e. The average Bonchev–Trinajstić information content (AvgIpc) is 2.66. The zero-order valence-electron chi connectivity index (χ0n) is 17.7. The van der Waals surface area contributed by atoms with E-state index in [0.29, 0.717) is 12.8 Å². The van der Waals surface area contributed by atoms with Gasteiger partial charge < -0.3 is 20.1 Å². The lowest BCUT2D eigenvalue weighted by Gasteiger charge is -2.30. The fourth-order valence-electron chi connectivity index (χ4n) is 3.65. The molecule has 0 aromatic heterocycles. The van der Waals surface area contributed by atoms with Crippen LogP contribution in [0.15, 0.2) is 23.8 Å². The maximum atomic E-state index is 12.4. The van der Waals surface area contributed by atoms with E-state index in [1.54, 1.807) is 19.1 Å². The van der Waals surface area contributed by atoms with E-state index in [9.17, 15) is 24.9 Å². The van der Waals surface area contributed by atoms with Gasteiger partial charge in [-0.25, -0.2) is 0 Å². The van der Waals surface area contributed by atoms with E-state index < -0.39 is 36.1 Å². The lowest BCUT2D eigenvalue weighted by molar-refractivity contribution is -0.155. The van der Waals surface area contributed by atoms with Gasteiger partial charge in [0.15, 0.2) is 5.78 Å². The summed E-state index contributed by atoms with van der Waals surface area (Å²) in [5.41, 5.74) is 0.794. The molecule has 160 valence electrons. The van der Waals surface area contributed by atoms with Crippen molar-refractivity contribution in [3.63, 3.8) is 0 Å². The minimum absolute atomic E-state index is 0.0360. The van der Waals surface area contributed by atoms with Gasteiger partial charge in [-0.05, 0) is 31.8 Å². The van der Waals surface area contributed by atoms with E-state index in [0.717, 1.165) is 5.57 Å². The van der Waals surface area contributed by atoms with Gasteiger partial charge in [-0.2, -0.15) is 0 Å². The van der Waals surface area contributed by atoms with Crippen LogP contribution in [0.5, 0.6) is 0 Å². The van der Waals surface area contributed by atoms with Crippen LogP contribution in [0.2, 0.25) is 0 Å². The summed E-state index contributed by atoms with van der Waals surface area (Å²) in [5, 5.41) is 30.7. The number of esters is 1. The van der Waals surface area contributed by atoms with Gasteiger partial charge in [-0.1, -0.05) is 45.4 Å². The molecule has 7 atom stereocenters. The summed E-state index contributed by atoms with van der Waals surface area (Å²) >= 11 is 0. The Morgan fingerprint density at radius 1 is 1.14 bits per heavy atom. The van der Waals surface area contributed by atoms with E-state index in [1.807, 2.05) is 27.7 Å². The smallest absolute Gasteiger partial charge is 0.308 e. The number of ether oxygens (including phenoxy) is 1. The molecule has 0 spiro atoms. The fourth-order valence-corrected chi connectivity index (χ4v) is 3.65. The third-order valence-electron chi connectivity index (χ3n) is 5.68. The molecule has 7 unspecified atom stereocenters. The van der Waals surface area contributed by atoms with Crippen molar-refractivity contribution in [3.05, 3.63) is 23.8 Å². The molecule has 0 radical (unpaired) electrons. The number of aliphatic hydroxyl groups excluding tert-OH is 3. The maximum Gasteiger partial charge on any atom is 0.308 e. The molecule has 3 N–H and O–H groups in total. The van der Waals surface area contributed by atoms with Crippen LogP contribution in [0.3, 0.4) is 0 Å². The van der Waals surface area contributed by atoms with E-state index >= 15 is 0 Å². The monoisotopic (exact) mass is 396 g/mol. The molecule has 0 saturated carbocycles. The van der Waals surface area contributed by atoms with Gasteiger partial charge >= 0.3 is 5.97 Å². The van der Waals surface area contributed by atoms with Crippen molar-refractivity contribution in [3.8, 4) is 0 Å². The predicted octanol–water partition coefficient (Wildman–Crippen LogP) is 2.41. The van der Waals surface area contributed by atoms with Gasteiger partial charge in [0.05, 0.1) is 25.2 Å². The van der Waals surface area contributed by atoms with Crippen molar-refractivity contribution in [2.75, 3.05) is 6.61 Å². The first kappa shape index (κ1) is 24.5. The highest BCUT2D eigenvalue weighted by Gasteiger charge is 2.31. The molecule has 0 aromatic carbocycles. The summed E-state index contributed by atoms with van der Waals surface area (Å²) in [5.74, 6) is -2.01. The van der Waals surface area contributed by atoms with Gasteiger partial charge in [0.25, 0.3) is 0 Å². The van der Waals surface area contributed by atoms with Crippen LogP contribution in [0.4, 0.5) is 0 Å². The molecule has 0 amide bonds. The minimum atomic E-state index is -1.05. The lowest BCUT2D eigenvalue weighted by atomic mass is 9.82. The van der Waals surface area contributed by atoms with E-state index in [4.69, 9.17) is 4.74 Å². The number of carbonyl (C=O) groups is 2. The Labute approximate surface area is 168 Å². The second-order valence-electron chi connectivity index (χ2n) is 8.16. The predicted molar refractivity (Wildman–Crippen MR) is 107 cm³/mol. The largest absolute Gasteiger partial charge is 0.462 e. The zero-order chi connectivity index (χ0) is 21.4. The van der Waals surface area contributed by atoms with Crippen molar-refractivity contribution >= 4 is 11.8 Å². The standard InChI is InChI=1S/C22H36O6/c1-6-20-17(12-23)9-13(2)7-8-18(24)14(3)10-15(4)22(27)16(5)19(25)11-21(26)28-20/h7-9,14-17,19-20,22-23,25,27H,6,10-12H2,1-5H3/b8-7+,13-9+. The van der Waals surface area contributed by atoms with Gasteiger partial charge in [0.2, 0.25) is 0 Å². The molecule has 0 saturated heterocycles. The highest BCUT2D eigenvalue weighted by atomic mass is 16.5. The van der Waals surface area contributed by atoms with Gasteiger partial charge in [-0.15, -0.1) is 0 Å². The molecule has 0 fully saturated rings. The van der Waals surface area contributed by atoms with Crippen LogP contribution in [-0.2, 0) is 14.3 Å². The fraction of sp³-hybridized carbons (Fsp3) is 0.727. The Hall–Kier alpha value is -1.50. The molecule has 1 aliphatic rings. The van der Waals surface area contributed by atoms with Crippen molar-refractivity contribution in [2.45, 2.75) is 72.2 Å². The number of aliphatic hydroxyl groups is 3. The van der Waals surface area contributed by atoms with Crippen molar-refractivity contribution < 1.29 is 29.6 Å². The highest BCUT2D eigenvalue weighted by molar-refractivity contribution is 5.91. The van der Waals surface area contributed by atoms with E-state index in [1.165, 1.54) is 6.08 Å². The lowest BCUT2D eigenvalue weighted by Crippen LogP contribution is -2.37. The van der Waals surface area contributed by atoms with Crippen LogP contribution in [0.25, 0.3) is 0 Å². The Bertz CT molecular complexity index is 582. The number of ketones is 1. The normalized spacial score (nSPS) is 39.7. The number of hydrogen-bond acceptors (Lipinski definition) is 6. The Balaban J connectivity index is 3.19. The average molecular weight is 397 g/mol. The third kappa shape index (κ3) is 7.15. The number of rotatable bonds is 2. The van der Waals surface area contributed by atoms with E-state index in [-0.39, 0.29) is 30.6 Å². The van der Waals surface area contributed by atoms with Gasteiger partial charge in [0, 0.05) is 17.8 Å². The molecule has 1 rings (SSSR count). The Kier molecular flexibility index (Phi) is 10.1. The molecule has 0 bridgehead atoms. The van der Waals surface area contributed by atoms with E-state index in [2.05, 4.69) is 0 Å². The molecular formula is C22H36O6. The van der Waals surface area contributed by atoms with Crippen molar-refractivity contribution in [1.29, 1.82) is 0 Å². The Morgan fingerprint density at radius 3 is 2.36 bits per heavy atom. The zero-order valence-corrected chi connectivity index (χ0v) is 17.7. The van der Waals surface area contributed by atoms with Crippen LogP contribution in [0, 0.1) is 23.7 Å². The molecule has 6 nitrogen and oxygen atoms in total. The van der Waals surface area contributed by atoms with Crippen LogP contribution < -0.4 is 0 Å². The topological polar surface area (TPSA) is 104 Å². The first-order chi connectivity index (χ1) is 13.1. The van der Waals surface area contributed by atoms with Crippen LogP contribution in [0.1, 0.15) is 53.9 Å². The second kappa shape index (κ2) is 11.5. The molecule has 1 heterocycles. The quantitative estimate of drug-likeness (QED) is 0.619. The summed E-state index contributed by atoms with van der Waals surface area (Å²) in [6.07, 6.45) is 3.35. The number of cyclic esters (lactones) is 1. The summed E-state index contributed by atoms with van der Waals surface area (Å²) in [7, 11) is 0. The molecule has 28 heavy (non-hydrogen) atoms. The second-order valence-corrected chi connectivity index (χ2v) is 8.16. The summed E-state index contributed by atoms with van der Waals surface area (Å²) in [6, 6.07) is 0. The first-order valence-electron chi connectivity index (χ1n) is 10.2. The Morgan fingerprint density at radius 2 is 1.79 bits per heavy atom. The third-order valence-corrected chi connectivity index (χ3v) is 5.68. The molecule has 0 aromatic rings. The molecule has 1 aliphatic heterocycles. The maximum absolute atomic E-state index is 12.4. The first-order valence-corrected chi connectivity index (χ1v) is 10.2. The van der Waals surface area contributed by atoms with Crippen molar-refractivity contribution in [2.24, 2.45) is 23.7 Å². The molecule has 6 heteroatoms. The summed E-state index contributed by atoms with van der Waals surface area (Å²) in [4.78, 5) is 24.7. The SMILES string of the molecule is CCC1OC(=O)CC(O)C(C)C(O)C(C)CC(C)C(=O)/C=C/C(C)=C/C1CO. The van der Waals surface area contributed by atoms with Crippen LogP contribution >= 0.6 is 0 Å². The van der Waals surface area contributed by atoms with Crippen LogP contribution in [-0.4, -0.2) is 52.0 Å². The van der Waals surface area contributed by atoms with Crippen molar-refractivity contribution in [1.82, 2.24) is 0 Å². The van der Waals surface area contributed by atoms with Gasteiger partial charge in [-0.3, -0.25) is 9.59 Å². The number of carbonyl (C=O) groups excluding carboxylic acids is 2. The summed E-state index contributed by atoms with van der Waals surface area (Å²) < 4.78 is 5.50.